The third kappa shape index (κ3) is 4.13. The van der Waals surface area contributed by atoms with Crippen molar-refractivity contribution in [2.75, 3.05) is 26.1 Å². The topological polar surface area (TPSA) is 67.2 Å². The average Bonchev–Trinajstić information content (AvgIpc) is 2.59. The van der Waals surface area contributed by atoms with Crippen LogP contribution in [0, 0.1) is 11.3 Å². The van der Waals surface area contributed by atoms with Gasteiger partial charge in [0.1, 0.15) is 11.9 Å². The number of benzene rings is 1. The Hall–Kier alpha value is -2.74. The number of methoxy groups -OCH3 is 2. The van der Waals surface area contributed by atoms with Crippen molar-refractivity contribution in [1.82, 2.24) is 4.98 Å². The molecule has 0 spiro atoms. The summed E-state index contributed by atoms with van der Waals surface area (Å²) in [7, 11) is 3.27. The quantitative estimate of drug-likeness (QED) is 0.796. The van der Waals surface area contributed by atoms with Gasteiger partial charge in [-0.3, -0.25) is 0 Å². The molecule has 0 amide bonds. The number of aryl methyl sites for hydroxylation is 1. The van der Waals surface area contributed by atoms with Crippen molar-refractivity contribution in [1.29, 1.82) is 5.26 Å². The zero-order valence-corrected chi connectivity index (χ0v) is 12.8. The first-order valence-electron chi connectivity index (χ1n) is 7.07. The highest BCUT2D eigenvalue weighted by Crippen LogP contribution is 2.27. The lowest BCUT2D eigenvalue weighted by atomic mass is 10.1. The minimum Gasteiger partial charge on any atom is -0.493 e. The van der Waals surface area contributed by atoms with Gasteiger partial charge in [-0.25, -0.2) is 4.98 Å². The fourth-order valence-electron chi connectivity index (χ4n) is 2.11. The molecule has 1 heterocycles. The molecule has 0 aliphatic heterocycles. The SMILES string of the molecule is COc1ccc(CCCNc2ccc(C#N)cn2)cc1OC. The molecular formula is C17H19N3O2. The van der Waals surface area contributed by atoms with Gasteiger partial charge in [-0.1, -0.05) is 6.07 Å². The average molecular weight is 297 g/mol. The van der Waals surface area contributed by atoms with Crippen molar-refractivity contribution in [3.63, 3.8) is 0 Å². The molecule has 1 N–H and O–H groups in total. The molecule has 5 heteroatoms. The number of anilines is 1. The smallest absolute Gasteiger partial charge is 0.160 e. The van der Waals surface area contributed by atoms with E-state index in [1.807, 2.05) is 24.3 Å². The van der Waals surface area contributed by atoms with Gasteiger partial charge < -0.3 is 14.8 Å². The van der Waals surface area contributed by atoms with Crippen LogP contribution in [-0.2, 0) is 6.42 Å². The minimum atomic E-state index is 0.566. The van der Waals surface area contributed by atoms with Crippen molar-refractivity contribution in [3.8, 4) is 17.6 Å². The van der Waals surface area contributed by atoms with Gasteiger partial charge in [0.15, 0.2) is 11.5 Å². The van der Waals surface area contributed by atoms with Crippen LogP contribution < -0.4 is 14.8 Å². The second-order valence-electron chi connectivity index (χ2n) is 4.76. The molecule has 2 rings (SSSR count). The first-order valence-corrected chi connectivity index (χ1v) is 7.07. The van der Waals surface area contributed by atoms with E-state index in [0.29, 0.717) is 5.56 Å². The van der Waals surface area contributed by atoms with E-state index >= 15 is 0 Å². The molecule has 0 aliphatic carbocycles. The third-order valence-corrected chi connectivity index (χ3v) is 3.29. The summed E-state index contributed by atoms with van der Waals surface area (Å²) in [6.07, 6.45) is 3.47. The molecule has 0 unspecified atom stereocenters. The van der Waals surface area contributed by atoms with Crippen molar-refractivity contribution in [2.45, 2.75) is 12.8 Å². The fourth-order valence-corrected chi connectivity index (χ4v) is 2.11. The largest absolute Gasteiger partial charge is 0.493 e. The Bertz CT molecular complexity index is 648. The Morgan fingerprint density at radius 3 is 2.59 bits per heavy atom. The molecular weight excluding hydrogens is 278 g/mol. The van der Waals surface area contributed by atoms with E-state index in [4.69, 9.17) is 14.7 Å². The summed E-state index contributed by atoms with van der Waals surface area (Å²) in [6.45, 7) is 0.813. The van der Waals surface area contributed by atoms with Crippen LogP contribution in [0.2, 0.25) is 0 Å². The van der Waals surface area contributed by atoms with Gasteiger partial charge in [0.05, 0.1) is 19.8 Å². The predicted octanol–water partition coefficient (Wildman–Crippen LogP) is 3.02. The highest BCUT2D eigenvalue weighted by molar-refractivity contribution is 5.43. The van der Waals surface area contributed by atoms with E-state index in [1.165, 1.54) is 5.56 Å². The lowest BCUT2D eigenvalue weighted by molar-refractivity contribution is 0.354. The summed E-state index contributed by atoms with van der Waals surface area (Å²) in [5, 5.41) is 12.0. The second-order valence-corrected chi connectivity index (χ2v) is 4.76. The van der Waals surface area contributed by atoms with Gasteiger partial charge in [-0.05, 0) is 42.7 Å². The molecule has 5 nitrogen and oxygen atoms in total. The van der Waals surface area contributed by atoms with Crippen LogP contribution in [0.15, 0.2) is 36.5 Å². The maximum absolute atomic E-state index is 8.72. The van der Waals surface area contributed by atoms with Gasteiger partial charge in [0.2, 0.25) is 0 Å². The molecule has 0 saturated carbocycles. The fraction of sp³-hybridized carbons (Fsp3) is 0.294. The predicted molar refractivity (Wildman–Crippen MR) is 85.3 cm³/mol. The van der Waals surface area contributed by atoms with Gasteiger partial charge in [-0.15, -0.1) is 0 Å². The van der Waals surface area contributed by atoms with Crippen LogP contribution in [-0.4, -0.2) is 25.7 Å². The molecule has 1 aromatic heterocycles. The monoisotopic (exact) mass is 297 g/mol. The molecule has 0 fully saturated rings. The van der Waals surface area contributed by atoms with Crippen LogP contribution in [0.1, 0.15) is 17.5 Å². The number of aromatic nitrogens is 1. The minimum absolute atomic E-state index is 0.566. The maximum Gasteiger partial charge on any atom is 0.160 e. The van der Waals surface area contributed by atoms with Crippen LogP contribution in [0.4, 0.5) is 5.82 Å². The molecule has 2 aromatic rings. The Labute approximate surface area is 130 Å². The zero-order valence-electron chi connectivity index (χ0n) is 12.8. The lowest BCUT2D eigenvalue weighted by Crippen LogP contribution is -2.04. The molecule has 0 radical (unpaired) electrons. The number of pyridine rings is 1. The van der Waals surface area contributed by atoms with Gasteiger partial charge in [0, 0.05) is 12.7 Å². The van der Waals surface area contributed by atoms with Crippen molar-refractivity contribution in [2.24, 2.45) is 0 Å². The van der Waals surface area contributed by atoms with Crippen LogP contribution in [0.25, 0.3) is 0 Å². The number of ether oxygens (including phenoxy) is 2. The lowest BCUT2D eigenvalue weighted by Gasteiger charge is -2.10. The zero-order chi connectivity index (χ0) is 15.8. The number of rotatable bonds is 7. The van der Waals surface area contributed by atoms with Crippen LogP contribution >= 0.6 is 0 Å². The molecule has 114 valence electrons. The summed E-state index contributed by atoms with van der Waals surface area (Å²) in [4.78, 5) is 4.17. The Morgan fingerprint density at radius 2 is 1.95 bits per heavy atom. The number of hydrogen-bond acceptors (Lipinski definition) is 5. The first kappa shape index (κ1) is 15.6. The summed E-state index contributed by atoms with van der Waals surface area (Å²) >= 11 is 0. The highest BCUT2D eigenvalue weighted by atomic mass is 16.5. The maximum atomic E-state index is 8.72. The van der Waals surface area contributed by atoms with Crippen molar-refractivity contribution < 1.29 is 9.47 Å². The number of nitriles is 1. The Kier molecular flexibility index (Phi) is 5.61. The molecule has 0 saturated heterocycles. The Balaban J connectivity index is 1.82. The summed E-state index contributed by atoms with van der Waals surface area (Å²) in [5.74, 6) is 2.28. The third-order valence-electron chi connectivity index (χ3n) is 3.29. The summed E-state index contributed by atoms with van der Waals surface area (Å²) in [5.41, 5.74) is 1.77. The summed E-state index contributed by atoms with van der Waals surface area (Å²) in [6, 6.07) is 11.6. The van der Waals surface area contributed by atoms with Crippen LogP contribution in [0.3, 0.4) is 0 Å². The number of nitrogens with one attached hydrogen (secondary N) is 1. The molecule has 1 aromatic carbocycles. The molecule has 22 heavy (non-hydrogen) atoms. The van der Waals surface area contributed by atoms with Crippen molar-refractivity contribution in [3.05, 3.63) is 47.7 Å². The standard InChI is InChI=1S/C17H19N3O2/c1-21-15-7-5-13(10-16(15)22-2)4-3-9-19-17-8-6-14(11-18)12-20-17/h5-8,10,12H,3-4,9H2,1-2H3,(H,19,20). The molecule has 0 aliphatic rings. The van der Waals surface area contributed by atoms with E-state index < -0.39 is 0 Å². The summed E-state index contributed by atoms with van der Waals surface area (Å²) < 4.78 is 10.5. The van der Waals surface area contributed by atoms with E-state index in [2.05, 4.69) is 16.4 Å². The van der Waals surface area contributed by atoms with E-state index in [-0.39, 0.29) is 0 Å². The van der Waals surface area contributed by atoms with E-state index in [9.17, 15) is 0 Å². The van der Waals surface area contributed by atoms with E-state index in [1.54, 1.807) is 26.5 Å². The highest BCUT2D eigenvalue weighted by Gasteiger charge is 2.04. The number of hydrogen-bond donors (Lipinski definition) is 1. The number of nitrogens with zero attached hydrogens (tertiary/aromatic N) is 2. The molecule has 0 atom stereocenters. The van der Waals surface area contributed by atoms with Gasteiger partial charge >= 0.3 is 0 Å². The van der Waals surface area contributed by atoms with Crippen LogP contribution in [0.5, 0.6) is 11.5 Å². The van der Waals surface area contributed by atoms with Gasteiger partial charge in [0.25, 0.3) is 0 Å². The molecule has 0 bridgehead atoms. The normalized spacial score (nSPS) is 9.86. The first-order chi connectivity index (χ1) is 10.8. The Morgan fingerprint density at radius 1 is 1.14 bits per heavy atom. The second kappa shape index (κ2) is 7.89. The van der Waals surface area contributed by atoms with Crippen molar-refractivity contribution >= 4 is 5.82 Å². The van der Waals surface area contributed by atoms with E-state index in [0.717, 1.165) is 36.7 Å². The van der Waals surface area contributed by atoms with Gasteiger partial charge in [-0.2, -0.15) is 5.26 Å².